The van der Waals surface area contributed by atoms with Gasteiger partial charge < -0.3 is 20.1 Å². The van der Waals surface area contributed by atoms with E-state index in [1.807, 2.05) is 31.2 Å². The van der Waals surface area contributed by atoms with Crippen LogP contribution in [-0.4, -0.2) is 39.4 Å². The minimum Gasteiger partial charge on any atom is -0.497 e. The van der Waals surface area contributed by atoms with E-state index in [-0.39, 0.29) is 30.0 Å². The Morgan fingerprint density at radius 1 is 1.24 bits per heavy atom. The number of nitrogens with one attached hydrogen (secondary N) is 2. The summed E-state index contributed by atoms with van der Waals surface area (Å²) in [6.07, 6.45) is 0. The van der Waals surface area contributed by atoms with E-state index >= 15 is 0 Å². The SMILES string of the molecule is CCNC(=NCc1ccc(OC)cc1)NC(C)COC.I. The van der Waals surface area contributed by atoms with Crippen LogP contribution in [0.15, 0.2) is 29.3 Å². The van der Waals surface area contributed by atoms with E-state index in [9.17, 15) is 0 Å². The second-order valence-corrected chi connectivity index (χ2v) is 4.54. The number of benzene rings is 1. The summed E-state index contributed by atoms with van der Waals surface area (Å²) in [6.45, 7) is 6.20. The molecule has 1 atom stereocenters. The molecule has 0 aromatic heterocycles. The third-order valence-electron chi connectivity index (χ3n) is 2.72. The molecule has 0 spiro atoms. The lowest BCUT2D eigenvalue weighted by Crippen LogP contribution is -2.43. The van der Waals surface area contributed by atoms with Crippen LogP contribution in [0.1, 0.15) is 19.4 Å². The molecule has 120 valence electrons. The fourth-order valence-corrected chi connectivity index (χ4v) is 1.75. The van der Waals surface area contributed by atoms with Gasteiger partial charge in [-0.1, -0.05) is 12.1 Å². The molecule has 0 aliphatic rings. The van der Waals surface area contributed by atoms with Gasteiger partial charge in [0.1, 0.15) is 5.75 Å². The number of aliphatic imine (C=N–C) groups is 1. The maximum Gasteiger partial charge on any atom is 0.191 e. The first-order chi connectivity index (χ1) is 9.69. The molecule has 0 saturated heterocycles. The van der Waals surface area contributed by atoms with Gasteiger partial charge in [-0.3, -0.25) is 0 Å². The predicted molar refractivity (Wildman–Crippen MR) is 97.7 cm³/mol. The molecule has 0 saturated carbocycles. The van der Waals surface area contributed by atoms with Crippen LogP contribution in [0.5, 0.6) is 5.75 Å². The van der Waals surface area contributed by atoms with E-state index < -0.39 is 0 Å². The average Bonchev–Trinajstić information content (AvgIpc) is 2.46. The van der Waals surface area contributed by atoms with E-state index in [2.05, 4.69) is 22.5 Å². The quantitative estimate of drug-likeness (QED) is 0.414. The molecular formula is C15H26IN3O2. The van der Waals surface area contributed by atoms with Crippen molar-refractivity contribution in [3.8, 4) is 5.75 Å². The Balaban J connectivity index is 0.00000400. The highest BCUT2D eigenvalue weighted by molar-refractivity contribution is 14.0. The normalized spacial score (nSPS) is 12.3. The van der Waals surface area contributed by atoms with Crippen molar-refractivity contribution < 1.29 is 9.47 Å². The summed E-state index contributed by atoms with van der Waals surface area (Å²) in [5.74, 6) is 1.66. The Morgan fingerprint density at radius 3 is 2.43 bits per heavy atom. The molecule has 5 nitrogen and oxygen atoms in total. The topological polar surface area (TPSA) is 54.9 Å². The number of rotatable bonds is 7. The maximum atomic E-state index is 5.14. The summed E-state index contributed by atoms with van der Waals surface area (Å²) >= 11 is 0. The summed E-state index contributed by atoms with van der Waals surface area (Å²) in [6, 6.07) is 8.14. The molecule has 21 heavy (non-hydrogen) atoms. The first kappa shape index (κ1) is 20.0. The van der Waals surface area contributed by atoms with E-state index in [0.29, 0.717) is 13.2 Å². The molecule has 0 radical (unpaired) electrons. The maximum absolute atomic E-state index is 5.14. The molecule has 1 aromatic rings. The number of guanidine groups is 1. The zero-order chi connectivity index (χ0) is 14.8. The fourth-order valence-electron chi connectivity index (χ4n) is 1.75. The predicted octanol–water partition coefficient (Wildman–Crippen LogP) is 2.40. The van der Waals surface area contributed by atoms with Crippen molar-refractivity contribution in [3.05, 3.63) is 29.8 Å². The van der Waals surface area contributed by atoms with Crippen LogP contribution in [0.4, 0.5) is 0 Å². The van der Waals surface area contributed by atoms with Crippen LogP contribution in [0.3, 0.4) is 0 Å². The minimum absolute atomic E-state index is 0. The van der Waals surface area contributed by atoms with Gasteiger partial charge in [-0.2, -0.15) is 0 Å². The van der Waals surface area contributed by atoms with Gasteiger partial charge in [0.25, 0.3) is 0 Å². The zero-order valence-electron chi connectivity index (χ0n) is 13.2. The monoisotopic (exact) mass is 407 g/mol. The van der Waals surface area contributed by atoms with Crippen LogP contribution in [0.2, 0.25) is 0 Å². The van der Waals surface area contributed by atoms with E-state index in [4.69, 9.17) is 9.47 Å². The third-order valence-corrected chi connectivity index (χ3v) is 2.72. The van der Waals surface area contributed by atoms with E-state index in [0.717, 1.165) is 23.8 Å². The first-order valence-electron chi connectivity index (χ1n) is 6.86. The molecule has 0 aliphatic carbocycles. The van der Waals surface area contributed by atoms with Gasteiger partial charge in [-0.05, 0) is 31.5 Å². The number of ether oxygens (including phenoxy) is 2. The molecule has 0 aliphatic heterocycles. The number of halogens is 1. The molecule has 0 fully saturated rings. The van der Waals surface area contributed by atoms with Crippen LogP contribution in [0.25, 0.3) is 0 Å². The van der Waals surface area contributed by atoms with Gasteiger partial charge in [-0.25, -0.2) is 4.99 Å². The summed E-state index contributed by atoms with van der Waals surface area (Å²) in [5, 5.41) is 6.52. The first-order valence-corrected chi connectivity index (χ1v) is 6.86. The molecule has 1 rings (SSSR count). The van der Waals surface area contributed by atoms with Crippen molar-refractivity contribution in [2.75, 3.05) is 27.4 Å². The Morgan fingerprint density at radius 2 is 1.90 bits per heavy atom. The highest BCUT2D eigenvalue weighted by atomic mass is 127. The van der Waals surface area contributed by atoms with Crippen LogP contribution in [-0.2, 0) is 11.3 Å². The van der Waals surface area contributed by atoms with Gasteiger partial charge in [0.05, 0.1) is 20.3 Å². The Hall–Kier alpha value is -1.02. The highest BCUT2D eigenvalue weighted by Crippen LogP contribution is 2.11. The largest absolute Gasteiger partial charge is 0.497 e. The average molecular weight is 407 g/mol. The second-order valence-electron chi connectivity index (χ2n) is 4.54. The summed E-state index contributed by atoms with van der Waals surface area (Å²) in [4.78, 5) is 4.56. The fraction of sp³-hybridized carbons (Fsp3) is 0.533. The van der Waals surface area contributed by atoms with Gasteiger partial charge in [0.2, 0.25) is 0 Å². The van der Waals surface area contributed by atoms with Crippen LogP contribution in [0, 0.1) is 0 Å². The minimum atomic E-state index is 0. The van der Waals surface area contributed by atoms with Crippen molar-refractivity contribution >= 4 is 29.9 Å². The summed E-state index contributed by atoms with van der Waals surface area (Å²) < 4.78 is 10.3. The molecule has 1 unspecified atom stereocenters. The standard InChI is InChI=1S/C15H25N3O2.HI/c1-5-16-15(18-12(2)11-19-3)17-10-13-6-8-14(20-4)9-7-13;/h6-9,12H,5,10-11H2,1-4H3,(H2,16,17,18);1H. The van der Waals surface area contributed by atoms with E-state index in [1.54, 1.807) is 14.2 Å². The smallest absolute Gasteiger partial charge is 0.191 e. The van der Waals surface area contributed by atoms with Gasteiger partial charge in [0, 0.05) is 19.7 Å². The molecule has 0 amide bonds. The summed E-state index contributed by atoms with van der Waals surface area (Å²) in [7, 11) is 3.36. The molecule has 0 heterocycles. The Labute approximate surface area is 144 Å². The van der Waals surface area contributed by atoms with Crippen molar-refractivity contribution in [1.29, 1.82) is 0 Å². The van der Waals surface area contributed by atoms with Crippen molar-refractivity contribution in [3.63, 3.8) is 0 Å². The molecule has 1 aromatic carbocycles. The van der Waals surface area contributed by atoms with Crippen LogP contribution < -0.4 is 15.4 Å². The van der Waals surface area contributed by atoms with Crippen molar-refractivity contribution in [2.24, 2.45) is 4.99 Å². The van der Waals surface area contributed by atoms with Crippen molar-refractivity contribution in [2.45, 2.75) is 26.4 Å². The second kappa shape index (κ2) is 11.6. The number of methoxy groups -OCH3 is 2. The zero-order valence-corrected chi connectivity index (χ0v) is 15.5. The van der Waals surface area contributed by atoms with Gasteiger partial charge in [-0.15, -0.1) is 24.0 Å². The van der Waals surface area contributed by atoms with Crippen molar-refractivity contribution in [1.82, 2.24) is 10.6 Å². The lowest BCUT2D eigenvalue weighted by atomic mass is 10.2. The van der Waals surface area contributed by atoms with Gasteiger partial charge >= 0.3 is 0 Å². The molecular weight excluding hydrogens is 381 g/mol. The van der Waals surface area contributed by atoms with Crippen LogP contribution >= 0.6 is 24.0 Å². The Kier molecular flexibility index (Phi) is 11.1. The highest BCUT2D eigenvalue weighted by Gasteiger charge is 2.04. The van der Waals surface area contributed by atoms with Gasteiger partial charge in [0.15, 0.2) is 5.96 Å². The number of hydrogen-bond donors (Lipinski definition) is 2. The Bertz CT molecular complexity index is 410. The summed E-state index contributed by atoms with van der Waals surface area (Å²) in [5.41, 5.74) is 1.14. The number of hydrogen-bond acceptors (Lipinski definition) is 3. The lowest BCUT2D eigenvalue weighted by Gasteiger charge is -2.17. The molecule has 0 bridgehead atoms. The molecule has 2 N–H and O–H groups in total. The molecule has 6 heteroatoms. The third kappa shape index (κ3) is 8.11. The number of nitrogens with zero attached hydrogens (tertiary/aromatic N) is 1. The lowest BCUT2D eigenvalue weighted by molar-refractivity contribution is 0.179. The van der Waals surface area contributed by atoms with E-state index in [1.165, 1.54) is 0 Å².